The monoisotopic (exact) mass is 274 g/mol. The molecule has 20 heavy (non-hydrogen) atoms. The first kappa shape index (κ1) is 15.0. The van der Waals surface area contributed by atoms with Gasteiger partial charge in [0.05, 0.1) is 0 Å². The minimum atomic E-state index is 0.182. The molecule has 0 spiro atoms. The molecule has 1 fully saturated rings. The average Bonchev–Trinajstić information content (AvgIpc) is 2.48. The quantitative estimate of drug-likeness (QED) is 0.864. The third-order valence-corrected chi connectivity index (χ3v) is 4.20. The van der Waals surface area contributed by atoms with Gasteiger partial charge in [-0.3, -0.25) is 4.79 Å². The van der Waals surface area contributed by atoms with E-state index in [4.69, 9.17) is 0 Å². The third-order valence-electron chi connectivity index (χ3n) is 4.20. The van der Waals surface area contributed by atoms with Gasteiger partial charge in [0.15, 0.2) is 0 Å². The van der Waals surface area contributed by atoms with Crippen molar-refractivity contribution in [3.63, 3.8) is 0 Å². The van der Waals surface area contributed by atoms with Gasteiger partial charge in [0.1, 0.15) is 0 Å². The summed E-state index contributed by atoms with van der Waals surface area (Å²) >= 11 is 0. The molecule has 0 aliphatic carbocycles. The van der Waals surface area contributed by atoms with Crippen molar-refractivity contribution in [3.05, 3.63) is 35.9 Å². The molecule has 1 aromatic rings. The van der Waals surface area contributed by atoms with Crippen molar-refractivity contribution in [2.24, 2.45) is 5.92 Å². The van der Waals surface area contributed by atoms with Gasteiger partial charge in [-0.05, 0) is 57.3 Å². The van der Waals surface area contributed by atoms with E-state index in [0.29, 0.717) is 6.42 Å². The highest BCUT2D eigenvalue weighted by Gasteiger charge is 2.16. The Bertz CT molecular complexity index is 397. The predicted molar refractivity (Wildman–Crippen MR) is 82.6 cm³/mol. The smallest absolute Gasteiger partial charge is 0.220 e. The number of hydrogen-bond acceptors (Lipinski definition) is 2. The van der Waals surface area contributed by atoms with E-state index < -0.39 is 0 Å². The number of likely N-dealkylation sites (tertiary alicyclic amines) is 1. The second kappa shape index (κ2) is 8.05. The molecule has 0 aromatic heterocycles. The van der Waals surface area contributed by atoms with Gasteiger partial charge in [0.25, 0.3) is 0 Å². The van der Waals surface area contributed by atoms with Crippen molar-refractivity contribution in [2.45, 2.75) is 32.1 Å². The second-order valence-electron chi connectivity index (χ2n) is 5.87. The number of carbonyl (C=O) groups excluding carboxylic acids is 1. The fraction of sp³-hybridized carbons (Fsp3) is 0.588. The van der Waals surface area contributed by atoms with Crippen molar-refractivity contribution in [1.29, 1.82) is 0 Å². The molecule has 1 aliphatic heterocycles. The Kier molecular flexibility index (Phi) is 6.06. The number of amides is 1. The van der Waals surface area contributed by atoms with E-state index in [1.54, 1.807) is 0 Å². The van der Waals surface area contributed by atoms with Crippen LogP contribution >= 0.6 is 0 Å². The Morgan fingerprint density at radius 3 is 2.65 bits per heavy atom. The van der Waals surface area contributed by atoms with E-state index in [2.05, 4.69) is 29.4 Å². The van der Waals surface area contributed by atoms with Crippen molar-refractivity contribution in [2.75, 3.05) is 26.7 Å². The summed E-state index contributed by atoms with van der Waals surface area (Å²) in [5.41, 5.74) is 1.23. The molecule has 1 amide bonds. The lowest BCUT2D eigenvalue weighted by Crippen LogP contribution is -2.32. The van der Waals surface area contributed by atoms with E-state index in [-0.39, 0.29) is 5.91 Å². The third kappa shape index (κ3) is 5.33. The molecule has 1 aromatic carbocycles. The van der Waals surface area contributed by atoms with Crippen LogP contribution in [-0.2, 0) is 11.2 Å². The van der Waals surface area contributed by atoms with E-state index in [1.165, 1.54) is 31.5 Å². The lowest BCUT2D eigenvalue weighted by molar-refractivity contribution is -0.121. The van der Waals surface area contributed by atoms with Crippen LogP contribution in [0.5, 0.6) is 0 Å². The van der Waals surface area contributed by atoms with Crippen molar-refractivity contribution >= 4 is 5.91 Å². The molecule has 1 aliphatic rings. The van der Waals surface area contributed by atoms with Crippen LogP contribution in [0.4, 0.5) is 0 Å². The van der Waals surface area contributed by atoms with Crippen LogP contribution in [0.15, 0.2) is 30.3 Å². The largest absolute Gasteiger partial charge is 0.356 e. The number of carbonyl (C=O) groups is 1. The first-order chi connectivity index (χ1) is 9.74. The topological polar surface area (TPSA) is 32.3 Å². The van der Waals surface area contributed by atoms with E-state index in [1.807, 2.05) is 18.2 Å². The van der Waals surface area contributed by atoms with E-state index >= 15 is 0 Å². The zero-order valence-corrected chi connectivity index (χ0v) is 12.5. The predicted octanol–water partition coefficient (Wildman–Crippen LogP) is 2.47. The Morgan fingerprint density at radius 2 is 1.95 bits per heavy atom. The van der Waals surface area contributed by atoms with Crippen molar-refractivity contribution in [1.82, 2.24) is 10.2 Å². The lowest BCUT2D eigenvalue weighted by Gasteiger charge is -2.28. The maximum absolute atomic E-state index is 11.8. The molecule has 0 unspecified atom stereocenters. The normalized spacial score (nSPS) is 17.1. The standard InChI is InChI=1S/C17H26N2O/c1-19-13-10-16(11-14-19)9-12-18-17(20)8-7-15-5-3-2-4-6-15/h2-6,16H,7-14H2,1H3,(H,18,20). The number of nitrogens with one attached hydrogen (secondary N) is 1. The molecule has 0 radical (unpaired) electrons. The summed E-state index contributed by atoms with van der Waals surface area (Å²) in [6, 6.07) is 10.2. The van der Waals surface area contributed by atoms with Crippen LogP contribution in [0, 0.1) is 5.92 Å². The van der Waals surface area contributed by atoms with Crippen molar-refractivity contribution < 1.29 is 4.79 Å². The fourth-order valence-corrected chi connectivity index (χ4v) is 2.76. The van der Waals surface area contributed by atoms with E-state index in [0.717, 1.165) is 25.3 Å². The minimum absolute atomic E-state index is 0.182. The van der Waals surface area contributed by atoms with Gasteiger partial charge < -0.3 is 10.2 Å². The zero-order valence-electron chi connectivity index (χ0n) is 12.5. The highest BCUT2D eigenvalue weighted by atomic mass is 16.1. The van der Waals surface area contributed by atoms with Crippen LogP contribution in [0.25, 0.3) is 0 Å². The first-order valence-electron chi connectivity index (χ1n) is 7.73. The van der Waals surface area contributed by atoms with Gasteiger partial charge >= 0.3 is 0 Å². The molecule has 0 saturated carbocycles. The summed E-state index contributed by atoms with van der Waals surface area (Å²) in [5, 5.41) is 3.06. The number of rotatable bonds is 6. The number of benzene rings is 1. The summed E-state index contributed by atoms with van der Waals surface area (Å²) in [7, 11) is 2.18. The molecule has 1 heterocycles. The van der Waals surface area contributed by atoms with Gasteiger partial charge in [-0.2, -0.15) is 0 Å². The van der Waals surface area contributed by atoms with Crippen LogP contribution in [0.3, 0.4) is 0 Å². The number of nitrogens with zero attached hydrogens (tertiary/aromatic N) is 1. The van der Waals surface area contributed by atoms with Gasteiger partial charge in [-0.25, -0.2) is 0 Å². The van der Waals surface area contributed by atoms with Gasteiger partial charge in [-0.15, -0.1) is 0 Å². The summed E-state index contributed by atoms with van der Waals surface area (Å²) in [6.45, 7) is 3.24. The molecule has 0 atom stereocenters. The van der Waals surface area contributed by atoms with Crippen LogP contribution in [-0.4, -0.2) is 37.5 Å². The molecular formula is C17H26N2O. The number of piperidine rings is 1. The Balaban J connectivity index is 1.56. The summed E-state index contributed by atoms with van der Waals surface area (Å²) in [5.74, 6) is 0.974. The highest BCUT2D eigenvalue weighted by molar-refractivity contribution is 5.76. The van der Waals surface area contributed by atoms with Gasteiger partial charge in [-0.1, -0.05) is 30.3 Å². The van der Waals surface area contributed by atoms with Crippen molar-refractivity contribution in [3.8, 4) is 0 Å². The lowest BCUT2D eigenvalue weighted by atomic mass is 9.94. The van der Waals surface area contributed by atoms with E-state index in [9.17, 15) is 4.79 Å². The number of hydrogen-bond donors (Lipinski definition) is 1. The summed E-state index contributed by atoms with van der Waals surface area (Å²) in [6.07, 6.45) is 5.11. The van der Waals surface area contributed by atoms with Crippen LogP contribution < -0.4 is 5.32 Å². The molecule has 3 nitrogen and oxygen atoms in total. The summed E-state index contributed by atoms with van der Waals surface area (Å²) < 4.78 is 0. The van der Waals surface area contributed by atoms with Gasteiger partial charge in [0.2, 0.25) is 5.91 Å². The summed E-state index contributed by atoms with van der Waals surface area (Å²) in [4.78, 5) is 14.2. The molecular weight excluding hydrogens is 248 g/mol. The van der Waals surface area contributed by atoms with Crippen LogP contribution in [0.1, 0.15) is 31.2 Å². The fourth-order valence-electron chi connectivity index (χ4n) is 2.76. The molecule has 1 saturated heterocycles. The molecule has 1 N–H and O–H groups in total. The Morgan fingerprint density at radius 1 is 1.25 bits per heavy atom. The molecule has 110 valence electrons. The molecule has 3 heteroatoms. The Hall–Kier alpha value is -1.35. The highest BCUT2D eigenvalue weighted by Crippen LogP contribution is 2.18. The Labute approximate surface area is 122 Å². The average molecular weight is 274 g/mol. The van der Waals surface area contributed by atoms with Crippen LogP contribution in [0.2, 0.25) is 0 Å². The first-order valence-corrected chi connectivity index (χ1v) is 7.73. The zero-order chi connectivity index (χ0) is 14.2. The second-order valence-corrected chi connectivity index (χ2v) is 5.87. The van der Waals surface area contributed by atoms with Gasteiger partial charge in [0, 0.05) is 13.0 Å². The SMILES string of the molecule is CN1CCC(CCNC(=O)CCc2ccccc2)CC1. The molecule has 2 rings (SSSR count). The minimum Gasteiger partial charge on any atom is -0.356 e. The maximum Gasteiger partial charge on any atom is 0.220 e. The maximum atomic E-state index is 11.8. The molecule has 0 bridgehead atoms. The number of aryl methyl sites for hydroxylation is 1.